The summed E-state index contributed by atoms with van der Waals surface area (Å²) < 4.78 is 0. The third kappa shape index (κ3) is 1.54. The topological polar surface area (TPSA) is 33.1 Å². The van der Waals surface area contributed by atoms with Crippen LogP contribution in [0, 0.1) is 6.07 Å². The van der Waals surface area contributed by atoms with Crippen molar-refractivity contribution in [3.05, 3.63) is 30.1 Å². The van der Waals surface area contributed by atoms with Gasteiger partial charge in [-0.25, -0.2) is 0 Å². The summed E-state index contributed by atoms with van der Waals surface area (Å²) in [6.07, 6.45) is 1.55. The fraction of sp³-hybridized carbons (Fsp3) is 0.375. The molecule has 1 aromatic heterocycles. The Morgan fingerprint density at radius 1 is 1.60 bits per heavy atom. The molecule has 1 radical (unpaired) electrons. The normalized spacial score (nSPS) is 11.5. The van der Waals surface area contributed by atoms with E-state index in [1.807, 2.05) is 0 Å². The molecule has 0 spiro atoms. The summed E-state index contributed by atoms with van der Waals surface area (Å²) in [5.74, 6) is 0. The van der Waals surface area contributed by atoms with E-state index >= 15 is 0 Å². The first-order valence-corrected chi connectivity index (χ1v) is 3.15. The molecule has 0 amide bonds. The fourth-order valence-corrected chi connectivity index (χ4v) is 0.682. The third-order valence-corrected chi connectivity index (χ3v) is 1.24. The molecule has 0 aliphatic rings. The van der Waals surface area contributed by atoms with Crippen molar-refractivity contribution in [3.63, 3.8) is 0 Å². The Bertz CT molecular complexity index is 200. The molecule has 53 valence electrons. The van der Waals surface area contributed by atoms with Crippen molar-refractivity contribution >= 4 is 0 Å². The Morgan fingerprint density at radius 2 is 2.30 bits per heavy atom. The number of hydrogen-bond donors (Lipinski definition) is 1. The van der Waals surface area contributed by atoms with Crippen LogP contribution in [0.2, 0.25) is 0 Å². The minimum absolute atomic E-state index is 0.672. The second-order valence-electron chi connectivity index (χ2n) is 2.70. The lowest BCUT2D eigenvalue weighted by atomic mass is 10.1. The molecule has 2 heteroatoms. The van der Waals surface area contributed by atoms with Crippen LogP contribution in [-0.4, -0.2) is 10.1 Å². The second kappa shape index (κ2) is 2.39. The highest BCUT2D eigenvalue weighted by molar-refractivity contribution is 5.09. The Hall–Kier alpha value is -0.890. The monoisotopic (exact) mass is 136 g/mol. The Balaban J connectivity index is 2.97. The summed E-state index contributed by atoms with van der Waals surface area (Å²) in [6.45, 7) is 3.41. The van der Waals surface area contributed by atoms with Crippen LogP contribution in [0.5, 0.6) is 0 Å². The highest BCUT2D eigenvalue weighted by Crippen LogP contribution is 2.14. The van der Waals surface area contributed by atoms with Crippen LogP contribution in [0.15, 0.2) is 18.3 Å². The highest BCUT2D eigenvalue weighted by Gasteiger charge is 2.15. The maximum atomic E-state index is 9.41. The Labute approximate surface area is 60.5 Å². The van der Waals surface area contributed by atoms with Crippen molar-refractivity contribution in [3.8, 4) is 0 Å². The number of aromatic nitrogens is 1. The standard InChI is InChI=1S/C8H10NO/c1-8(2,10)7-5-3-4-6-9-7/h3,5-6,10H,1-2H3. The molecule has 0 aliphatic carbocycles. The summed E-state index contributed by atoms with van der Waals surface area (Å²) >= 11 is 0. The van der Waals surface area contributed by atoms with Gasteiger partial charge < -0.3 is 5.11 Å². The average molecular weight is 136 g/mol. The van der Waals surface area contributed by atoms with Crippen molar-refractivity contribution < 1.29 is 5.11 Å². The van der Waals surface area contributed by atoms with E-state index in [0.717, 1.165) is 0 Å². The van der Waals surface area contributed by atoms with E-state index in [4.69, 9.17) is 0 Å². The molecule has 1 aromatic rings. The van der Waals surface area contributed by atoms with E-state index in [-0.39, 0.29) is 0 Å². The molecule has 0 aromatic carbocycles. The van der Waals surface area contributed by atoms with Gasteiger partial charge in [-0.1, -0.05) is 6.07 Å². The fourth-order valence-electron chi connectivity index (χ4n) is 0.682. The maximum absolute atomic E-state index is 9.41. The van der Waals surface area contributed by atoms with Crippen LogP contribution < -0.4 is 0 Å². The Kier molecular flexibility index (Phi) is 1.72. The molecule has 1 heterocycles. The molecule has 0 saturated carbocycles. The molecule has 0 atom stereocenters. The minimum atomic E-state index is -0.838. The zero-order valence-corrected chi connectivity index (χ0v) is 6.13. The summed E-state index contributed by atoms with van der Waals surface area (Å²) in [5.41, 5.74) is -0.166. The molecular weight excluding hydrogens is 126 g/mol. The molecule has 0 unspecified atom stereocenters. The summed E-state index contributed by atoms with van der Waals surface area (Å²) in [6, 6.07) is 6.27. The summed E-state index contributed by atoms with van der Waals surface area (Å²) in [5, 5.41) is 9.41. The van der Waals surface area contributed by atoms with Crippen molar-refractivity contribution in [2.75, 3.05) is 0 Å². The van der Waals surface area contributed by atoms with Gasteiger partial charge in [0.15, 0.2) is 0 Å². The van der Waals surface area contributed by atoms with Gasteiger partial charge in [-0.3, -0.25) is 4.98 Å². The van der Waals surface area contributed by atoms with Gasteiger partial charge in [0.2, 0.25) is 0 Å². The predicted molar refractivity (Wildman–Crippen MR) is 38.3 cm³/mol. The van der Waals surface area contributed by atoms with E-state index in [1.165, 1.54) is 0 Å². The minimum Gasteiger partial charge on any atom is -0.384 e. The van der Waals surface area contributed by atoms with Gasteiger partial charge in [0.25, 0.3) is 0 Å². The van der Waals surface area contributed by atoms with E-state index < -0.39 is 5.60 Å². The molecule has 0 fully saturated rings. The van der Waals surface area contributed by atoms with Gasteiger partial charge in [-0.15, -0.1) is 0 Å². The first-order chi connectivity index (χ1) is 4.61. The zero-order valence-electron chi connectivity index (χ0n) is 6.13. The molecule has 10 heavy (non-hydrogen) atoms. The largest absolute Gasteiger partial charge is 0.384 e. The van der Waals surface area contributed by atoms with Gasteiger partial charge in [-0.2, -0.15) is 0 Å². The lowest BCUT2D eigenvalue weighted by Crippen LogP contribution is -2.16. The van der Waals surface area contributed by atoms with Crippen LogP contribution in [0.3, 0.4) is 0 Å². The number of hydrogen-bond acceptors (Lipinski definition) is 2. The Morgan fingerprint density at radius 3 is 2.60 bits per heavy atom. The smallest absolute Gasteiger partial charge is 0.101 e. The van der Waals surface area contributed by atoms with E-state index in [1.54, 1.807) is 32.2 Å². The van der Waals surface area contributed by atoms with E-state index in [0.29, 0.717) is 5.69 Å². The van der Waals surface area contributed by atoms with Crippen LogP contribution in [0.25, 0.3) is 0 Å². The lowest BCUT2D eigenvalue weighted by molar-refractivity contribution is 0.0738. The lowest BCUT2D eigenvalue weighted by Gasteiger charge is -2.15. The number of pyridine rings is 1. The van der Waals surface area contributed by atoms with E-state index in [2.05, 4.69) is 11.1 Å². The van der Waals surface area contributed by atoms with Crippen LogP contribution in [-0.2, 0) is 5.60 Å². The third-order valence-electron chi connectivity index (χ3n) is 1.24. The maximum Gasteiger partial charge on any atom is 0.101 e. The molecule has 1 rings (SSSR count). The van der Waals surface area contributed by atoms with Crippen molar-refractivity contribution in [1.82, 2.24) is 4.98 Å². The second-order valence-corrected chi connectivity index (χ2v) is 2.70. The number of rotatable bonds is 1. The predicted octanol–water partition coefficient (Wildman–Crippen LogP) is 1.11. The summed E-state index contributed by atoms with van der Waals surface area (Å²) in [7, 11) is 0. The van der Waals surface area contributed by atoms with Crippen molar-refractivity contribution in [2.24, 2.45) is 0 Å². The quantitative estimate of drug-likeness (QED) is 0.627. The summed E-state index contributed by atoms with van der Waals surface area (Å²) in [4.78, 5) is 3.94. The van der Waals surface area contributed by atoms with Crippen molar-refractivity contribution in [1.29, 1.82) is 0 Å². The van der Waals surface area contributed by atoms with Gasteiger partial charge in [0.1, 0.15) is 5.60 Å². The van der Waals surface area contributed by atoms with Crippen LogP contribution >= 0.6 is 0 Å². The van der Waals surface area contributed by atoms with E-state index in [9.17, 15) is 5.11 Å². The first-order valence-electron chi connectivity index (χ1n) is 3.15. The molecule has 0 aliphatic heterocycles. The van der Waals surface area contributed by atoms with Gasteiger partial charge in [-0.05, 0) is 19.9 Å². The number of nitrogens with zero attached hydrogens (tertiary/aromatic N) is 1. The van der Waals surface area contributed by atoms with Crippen LogP contribution in [0.4, 0.5) is 0 Å². The molecule has 0 bridgehead atoms. The molecule has 2 nitrogen and oxygen atoms in total. The van der Waals surface area contributed by atoms with Gasteiger partial charge in [0, 0.05) is 12.3 Å². The van der Waals surface area contributed by atoms with Gasteiger partial charge in [0.05, 0.1) is 5.69 Å². The van der Waals surface area contributed by atoms with Gasteiger partial charge >= 0.3 is 0 Å². The molecule has 0 saturated heterocycles. The average Bonchev–Trinajstić information content (AvgIpc) is 1.88. The first kappa shape index (κ1) is 7.22. The zero-order chi connectivity index (χ0) is 7.61. The highest BCUT2D eigenvalue weighted by atomic mass is 16.3. The van der Waals surface area contributed by atoms with Crippen molar-refractivity contribution in [2.45, 2.75) is 19.4 Å². The van der Waals surface area contributed by atoms with Crippen LogP contribution in [0.1, 0.15) is 19.5 Å². The molecule has 1 N–H and O–H groups in total. The SMILES string of the molecule is CC(C)(O)c1cc[c]cn1. The number of aliphatic hydroxyl groups is 1. The molecular formula is C8H10NO.